The molecule has 0 bridgehead atoms. The first kappa shape index (κ1) is 15.9. The minimum Gasteiger partial charge on any atom is -0.490 e. The Kier molecular flexibility index (Phi) is 4.65. The van der Waals surface area contributed by atoms with Gasteiger partial charge in [0.25, 0.3) is 0 Å². The van der Waals surface area contributed by atoms with Crippen molar-refractivity contribution in [3.8, 4) is 5.75 Å². The van der Waals surface area contributed by atoms with Crippen LogP contribution in [0, 0.1) is 0 Å². The molecule has 0 fully saturated rings. The first-order chi connectivity index (χ1) is 11.6. The fourth-order valence-electron chi connectivity index (χ4n) is 2.60. The number of benzene rings is 2. The summed E-state index contributed by atoms with van der Waals surface area (Å²) in [5.74, 6) is 0.577. The van der Waals surface area contributed by atoms with E-state index >= 15 is 0 Å². The summed E-state index contributed by atoms with van der Waals surface area (Å²) < 4.78 is 5.59. The molecule has 1 heterocycles. The Morgan fingerprint density at radius 1 is 1.04 bits per heavy atom. The van der Waals surface area contributed by atoms with Gasteiger partial charge in [0.2, 0.25) is 11.8 Å². The zero-order chi connectivity index (χ0) is 16.9. The molecule has 24 heavy (non-hydrogen) atoms. The summed E-state index contributed by atoms with van der Waals surface area (Å²) in [5.41, 5.74) is 2.32. The molecule has 0 spiro atoms. The SMILES string of the molecule is CC(=O)Nc1ccc(NC(=O)CN2CCOc3ccccc32)cc1. The number of fused-ring (bicyclic) bond motifs is 1. The Balaban J connectivity index is 1.61. The molecule has 0 atom stereocenters. The third-order valence-corrected chi connectivity index (χ3v) is 3.65. The fourth-order valence-corrected chi connectivity index (χ4v) is 2.60. The largest absolute Gasteiger partial charge is 0.490 e. The van der Waals surface area contributed by atoms with Crippen molar-refractivity contribution in [2.75, 3.05) is 35.2 Å². The third kappa shape index (κ3) is 3.84. The first-order valence-corrected chi connectivity index (χ1v) is 7.76. The van der Waals surface area contributed by atoms with Crippen LogP contribution in [-0.4, -0.2) is 31.5 Å². The predicted molar refractivity (Wildman–Crippen MR) is 93.5 cm³/mol. The number of nitrogens with one attached hydrogen (secondary N) is 2. The summed E-state index contributed by atoms with van der Waals surface area (Å²) in [4.78, 5) is 25.3. The van der Waals surface area contributed by atoms with Crippen LogP contribution in [0.3, 0.4) is 0 Å². The van der Waals surface area contributed by atoms with Crippen molar-refractivity contribution >= 4 is 28.9 Å². The highest BCUT2D eigenvalue weighted by Crippen LogP contribution is 2.30. The molecular formula is C18H19N3O3. The van der Waals surface area contributed by atoms with Gasteiger partial charge in [-0.3, -0.25) is 9.59 Å². The number of rotatable bonds is 4. The maximum absolute atomic E-state index is 12.3. The molecule has 2 aromatic carbocycles. The molecule has 0 unspecified atom stereocenters. The van der Waals surface area contributed by atoms with Crippen LogP contribution < -0.4 is 20.3 Å². The molecule has 0 saturated heterocycles. The first-order valence-electron chi connectivity index (χ1n) is 7.76. The second-order valence-corrected chi connectivity index (χ2v) is 5.54. The fraction of sp³-hybridized carbons (Fsp3) is 0.222. The average molecular weight is 325 g/mol. The highest BCUT2D eigenvalue weighted by molar-refractivity contribution is 5.95. The van der Waals surface area contributed by atoms with E-state index in [1.807, 2.05) is 29.2 Å². The predicted octanol–water partition coefficient (Wildman–Crippen LogP) is 2.48. The van der Waals surface area contributed by atoms with Gasteiger partial charge < -0.3 is 20.3 Å². The number of nitrogens with zero attached hydrogens (tertiary/aromatic N) is 1. The van der Waals surface area contributed by atoms with Crippen molar-refractivity contribution < 1.29 is 14.3 Å². The van der Waals surface area contributed by atoms with Crippen LogP contribution in [-0.2, 0) is 9.59 Å². The lowest BCUT2D eigenvalue weighted by Crippen LogP contribution is -2.38. The highest BCUT2D eigenvalue weighted by Gasteiger charge is 2.19. The summed E-state index contributed by atoms with van der Waals surface area (Å²) in [6.07, 6.45) is 0. The van der Waals surface area contributed by atoms with Gasteiger partial charge in [-0.05, 0) is 36.4 Å². The zero-order valence-corrected chi connectivity index (χ0v) is 13.4. The molecule has 2 N–H and O–H groups in total. The molecule has 6 nitrogen and oxygen atoms in total. The summed E-state index contributed by atoms with van der Waals surface area (Å²) in [6, 6.07) is 14.7. The van der Waals surface area contributed by atoms with Gasteiger partial charge in [0.05, 0.1) is 18.8 Å². The molecule has 124 valence electrons. The summed E-state index contributed by atoms with van der Waals surface area (Å²) in [6.45, 7) is 2.95. The number of carbonyl (C=O) groups excluding carboxylic acids is 2. The molecule has 0 saturated carbocycles. The van der Waals surface area contributed by atoms with Crippen molar-refractivity contribution in [1.82, 2.24) is 0 Å². The van der Waals surface area contributed by atoms with Crippen LogP contribution in [0.15, 0.2) is 48.5 Å². The Morgan fingerprint density at radius 2 is 1.71 bits per heavy atom. The number of para-hydroxylation sites is 2. The third-order valence-electron chi connectivity index (χ3n) is 3.65. The van der Waals surface area contributed by atoms with E-state index < -0.39 is 0 Å². The van der Waals surface area contributed by atoms with Gasteiger partial charge in [-0.2, -0.15) is 0 Å². The van der Waals surface area contributed by atoms with Crippen molar-refractivity contribution in [2.45, 2.75) is 6.92 Å². The van der Waals surface area contributed by atoms with E-state index in [4.69, 9.17) is 4.74 Å². The van der Waals surface area contributed by atoms with Crippen molar-refractivity contribution in [2.24, 2.45) is 0 Å². The van der Waals surface area contributed by atoms with Gasteiger partial charge in [0.1, 0.15) is 12.4 Å². The maximum Gasteiger partial charge on any atom is 0.243 e. The minimum atomic E-state index is -0.127. The summed E-state index contributed by atoms with van der Waals surface area (Å²) >= 11 is 0. The average Bonchev–Trinajstić information content (AvgIpc) is 2.56. The molecule has 2 aromatic rings. The number of carbonyl (C=O) groups is 2. The van der Waals surface area contributed by atoms with Gasteiger partial charge in [0.15, 0.2) is 0 Å². The quantitative estimate of drug-likeness (QED) is 0.906. The second-order valence-electron chi connectivity index (χ2n) is 5.54. The molecular weight excluding hydrogens is 306 g/mol. The van der Waals surface area contributed by atoms with Crippen LogP contribution in [0.4, 0.5) is 17.1 Å². The van der Waals surface area contributed by atoms with Crippen LogP contribution in [0.2, 0.25) is 0 Å². The van der Waals surface area contributed by atoms with Crippen molar-refractivity contribution in [1.29, 1.82) is 0 Å². The molecule has 1 aliphatic rings. The van der Waals surface area contributed by atoms with Gasteiger partial charge in [-0.25, -0.2) is 0 Å². The van der Waals surface area contributed by atoms with E-state index in [0.717, 1.165) is 11.4 Å². The van der Waals surface area contributed by atoms with E-state index in [0.29, 0.717) is 24.5 Å². The summed E-state index contributed by atoms with van der Waals surface area (Å²) in [5, 5.41) is 5.55. The summed E-state index contributed by atoms with van der Waals surface area (Å²) in [7, 11) is 0. The highest BCUT2D eigenvalue weighted by atomic mass is 16.5. The molecule has 2 amide bonds. The van der Waals surface area contributed by atoms with Crippen LogP contribution in [0.1, 0.15) is 6.92 Å². The Hall–Kier alpha value is -3.02. The maximum atomic E-state index is 12.3. The Labute approximate surface area is 140 Å². The lowest BCUT2D eigenvalue weighted by atomic mass is 10.2. The van der Waals surface area contributed by atoms with Gasteiger partial charge in [0, 0.05) is 18.3 Å². The van der Waals surface area contributed by atoms with Crippen molar-refractivity contribution in [3.63, 3.8) is 0 Å². The molecule has 0 aromatic heterocycles. The smallest absolute Gasteiger partial charge is 0.243 e. The van der Waals surface area contributed by atoms with E-state index in [1.54, 1.807) is 24.3 Å². The lowest BCUT2D eigenvalue weighted by Gasteiger charge is -2.30. The van der Waals surface area contributed by atoms with Crippen LogP contribution in [0.25, 0.3) is 0 Å². The molecule has 0 aliphatic carbocycles. The second kappa shape index (κ2) is 7.04. The monoisotopic (exact) mass is 325 g/mol. The molecule has 6 heteroatoms. The van der Waals surface area contributed by atoms with Gasteiger partial charge in [-0.1, -0.05) is 12.1 Å². The number of hydrogen-bond donors (Lipinski definition) is 2. The normalized spacial score (nSPS) is 12.8. The number of anilines is 3. The molecule has 3 rings (SSSR count). The Morgan fingerprint density at radius 3 is 2.42 bits per heavy atom. The van der Waals surface area contributed by atoms with Gasteiger partial charge >= 0.3 is 0 Å². The van der Waals surface area contributed by atoms with Gasteiger partial charge in [-0.15, -0.1) is 0 Å². The molecule has 1 aliphatic heterocycles. The van der Waals surface area contributed by atoms with Crippen molar-refractivity contribution in [3.05, 3.63) is 48.5 Å². The zero-order valence-electron chi connectivity index (χ0n) is 13.4. The minimum absolute atomic E-state index is 0.0982. The number of amides is 2. The van der Waals surface area contributed by atoms with Crippen LogP contribution in [0.5, 0.6) is 5.75 Å². The topological polar surface area (TPSA) is 70.7 Å². The van der Waals surface area contributed by atoms with E-state index in [2.05, 4.69) is 10.6 Å². The standard InChI is InChI=1S/C18H19N3O3/c1-13(22)19-14-6-8-15(9-7-14)20-18(23)12-21-10-11-24-17-5-3-2-4-16(17)21/h2-9H,10-12H2,1H3,(H,19,22)(H,20,23). The van der Waals surface area contributed by atoms with E-state index in [-0.39, 0.29) is 18.4 Å². The van der Waals surface area contributed by atoms with E-state index in [1.165, 1.54) is 6.92 Å². The molecule has 0 radical (unpaired) electrons. The number of hydrogen-bond acceptors (Lipinski definition) is 4. The number of ether oxygens (including phenoxy) is 1. The van der Waals surface area contributed by atoms with E-state index in [9.17, 15) is 9.59 Å². The Bertz CT molecular complexity index is 743. The lowest BCUT2D eigenvalue weighted by molar-refractivity contribution is -0.115. The van der Waals surface area contributed by atoms with Crippen LogP contribution >= 0.6 is 0 Å².